The summed E-state index contributed by atoms with van der Waals surface area (Å²) in [5.74, 6) is 0.228. The molecule has 0 spiro atoms. The van der Waals surface area contributed by atoms with Crippen molar-refractivity contribution in [2.45, 2.75) is 0 Å². The second-order valence-electron chi connectivity index (χ2n) is 3.88. The molecule has 20 heavy (non-hydrogen) atoms. The summed E-state index contributed by atoms with van der Waals surface area (Å²) in [6, 6.07) is 11.1. The lowest BCUT2D eigenvalue weighted by Crippen LogP contribution is -1.92. The van der Waals surface area contributed by atoms with Crippen LogP contribution >= 0.6 is 22.6 Å². The minimum absolute atomic E-state index is 0.0348. The highest BCUT2D eigenvalue weighted by Gasteiger charge is 2.02. The number of halogens is 1. The molecule has 0 aromatic heterocycles. The van der Waals surface area contributed by atoms with Crippen LogP contribution in [0.4, 0.5) is 11.4 Å². The van der Waals surface area contributed by atoms with Crippen LogP contribution in [0.1, 0.15) is 5.56 Å². The van der Waals surface area contributed by atoms with Crippen LogP contribution in [0.5, 0.6) is 5.75 Å². The number of nitrogens with one attached hydrogen (secondary N) is 1. The van der Waals surface area contributed by atoms with E-state index in [1.165, 1.54) is 12.1 Å². The Kier molecular flexibility index (Phi) is 4.51. The predicted molar refractivity (Wildman–Crippen MR) is 85.1 cm³/mol. The van der Waals surface area contributed by atoms with Crippen molar-refractivity contribution in [2.75, 3.05) is 5.43 Å². The summed E-state index contributed by atoms with van der Waals surface area (Å²) in [5, 5.41) is 23.9. The van der Waals surface area contributed by atoms with Gasteiger partial charge in [-0.3, -0.25) is 15.5 Å². The van der Waals surface area contributed by atoms with E-state index < -0.39 is 4.92 Å². The summed E-state index contributed by atoms with van der Waals surface area (Å²) in [6.07, 6.45) is 1.60. The monoisotopic (exact) mass is 383 g/mol. The van der Waals surface area contributed by atoms with E-state index in [0.29, 0.717) is 5.69 Å². The number of non-ortho nitro benzene ring substituents is 1. The Bertz CT molecular complexity index is 656. The standard InChI is InChI=1S/C13H10IN3O3/c14-12-7-9(1-6-13(12)18)8-15-16-10-2-4-11(5-3-10)17(19)20/h1-8,16,18H/b15-8-. The maximum absolute atomic E-state index is 10.5. The van der Waals surface area contributed by atoms with Crippen LogP contribution in [-0.2, 0) is 0 Å². The van der Waals surface area contributed by atoms with Gasteiger partial charge < -0.3 is 5.11 Å². The normalized spacial score (nSPS) is 10.7. The third-order valence-electron chi connectivity index (χ3n) is 2.46. The maximum atomic E-state index is 10.5. The molecule has 0 fully saturated rings. The highest BCUT2D eigenvalue weighted by Crippen LogP contribution is 2.19. The zero-order valence-electron chi connectivity index (χ0n) is 10.2. The number of phenolic OH excluding ortho intramolecular Hbond substituents is 1. The second-order valence-corrected chi connectivity index (χ2v) is 5.05. The van der Waals surface area contributed by atoms with Gasteiger partial charge in [0.15, 0.2) is 0 Å². The number of aromatic hydroxyl groups is 1. The van der Waals surface area contributed by atoms with Crippen molar-refractivity contribution >= 4 is 40.2 Å². The highest BCUT2D eigenvalue weighted by molar-refractivity contribution is 14.1. The average molecular weight is 383 g/mol. The molecule has 0 aliphatic heterocycles. The molecule has 0 atom stereocenters. The Morgan fingerprint density at radius 1 is 1.25 bits per heavy atom. The fourth-order valence-corrected chi connectivity index (χ4v) is 1.98. The van der Waals surface area contributed by atoms with Gasteiger partial charge in [0, 0.05) is 12.1 Å². The largest absolute Gasteiger partial charge is 0.507 e. The lowest BCUT2D eigenvalue weighted by molar-refractivity contribution is -0.384. The topological polar surface area (TPSA) is 87.8 Å². The number of hydrazone groups is 1. The lowest BCUT2D eigenvalue weighted by Gasteiger charge is -2.00. The van der Waals surface area contributed by atoms with Crippen LogP contribution in [0.3, 0.4) is 0 Å². The van der Waals surface area contributed by atoms with Crippen molar-refractivity contribution in [2.24, 2.45) is 5.10 Å². The molecule has 2 N–H and O–H groups in total. The number of benzene rings is 2. The number of hydrogen-bond donors (Lipinski definition) is 2. The number of rotatable bonds is 4. The van der Waals surface area contributed by atoms with E-state index in [-0.39, 0.29) is 11.4 Å². The number of nitrogens with zero attached hydrogens (tertiary/aromatic N) is 2. The molecule has 2 aromatic carbocycles. The zero-order chi connectivity index (χ0) is 14.5. The number of hydrogen-bond acceptors (Lipinski definition) is 5. The molecule has 0 amide bonds. The highest BCUT2D eigenvalue weighted by atomic mass is 127. The van der Waals surface area contributed by atoms with Crippen LogP contribution in [0.2, 0.25) is 0 Å². The Morgan fingerprint density at radius 2 is 1.95 bits per heavy atom. The summed E-state index contributed by atoms with van der Waals surface area (Å²) in [4.78, 5) is 10.1. The molecule has 0 saturated carbocycles. The van der Waals surface area contributed by atoms with E-state index in [1.54, 1.807) is 36.5 Å². The van der Waals surface area contributed by atoms with Crippen molar-refractivity contribution in [3.63, 3.8) is 0 Å². The molecule has 7 heteroatoms. The van der Waals surface area contributed by atoms with Gasteiger partial charge in [-0.15, -0.1) is 0 Å². The first kappa shape index (κ1) is 14.3. The van der Waals surface area contributed by atoms with Crippen LogP contribution in [-0.4, -0.2) is 16.2 Å². The predicted octanol–water partition coefficient (Wildman–Crippen LogP) is 3.35. The molecular weight excluding hydrogens is 373 g/mol. The summed E-state index contributed by atoms with van der Waals surface area (Å²) in [6.45, 7) is 0. The van der Waals surface area contributed by atoms with Crippen LogP contribution in [0.25, 0.3) is 0 Å². The van der Waals surface area contributed by atoms with Gasteiger partial charge in [0.2, 0.25) is 0 Å². The molecule has 0 unspecified atom stereocenters. The Labute approximate surface area is 128 Å². The number of nitro groups is 1. The van der Waals surface area contributed by atoms with Crippen molar-refractivity contribution < 1.29 is 10.0 Å². The van der Waals surface area contributed by atoms with Gasteiger partial charge in [0.05, 0.1) is 20.4 Å². The van der Waals surface area contributed by atoms with Crippen molar-refractivity contribution in [3.05, 3.63) is 61.7 Å². The van der Waals surface area contributed by atoms with E-state index in [4.69, 9.17) is 0 Å². The molecule has 2 aromatic rings. The molecular formula is C13H10IN3O3. The van der Waals surface area contributed by atoms with Crippen molar-refractivity contribution in [3.8, 4) is 5.75 Å². The third-order valence-corrected chi connectivity index (χ3v) is 3.32. The Balaban J connectivity index is 2.02. The molecule has 0 radical (unpaired) electrons. The molecule has 102 valence electrons. The molecule has 0 aliphatic rings. The maximum Gasteiger partial charge on any atom is 0.269 e. The van der Waals surface area contributed by atoms with E-state index in [1.807, 2.05) is 22.6 Å². The van der Waals surface area contributed by atoms with Crippen molar-refractivity contribution in [1.82, 2.24) is 0 Å². The molecule has 6 nitrogen and oxygen atoms in total. The first-order valence-electron chi connectivity index (χ1n) is 5.58. The molecule has 0 bridgehead atoms. The molecule has 0 aliphatic carbocycles. The summed E-state index contributed by atoms with van der Waals surface area (Å²) >= 11 is 2.03. The first-order chi connectivity index (χ1) is 9.56. The minimum Gasteiger partial charge on any atom is -0.507 e. The van der Waals surface area contributed by atoms with Gasteiger partial charge in [0.25, 0.3) is 5.69 Å². The van der Waals surface area contributed by atoms with E-state index in [2.05, 4.69) is 10.5 Å². The lowest BCUT2D eigenvalue weighted by atomic mass is 10.2. The molecule has 0 heterocycles. The number of anilines is 1. The minimum atomic E-state index is -0.453. The fraction of sp³-hybridized carbons (Fsp3) is 0. The second kappa shape index (κ2) is 6.33. The fourth-order valence-electron chi connectivity index (χ4n) is 1.44. The van der Waals surface area contributed by atoms with Gasteiger partial charge in [0.1, 0.15) is 5.75 Å². The molecule has 0 saturated heterocycles. The first-order valence-corrected chi connectivity index (χ1v) is 6.66. The van der Waals surface area contributed by atoms with E-state index in [9.17, 15) is 15.2 Å². The Hall–Kier alpha value is -2.16. The van der Waals surface area contributed by atoms with Crippen LogP contribution in [0, 0.1) is 13.7 Å². The summed E-state index contributed by atoms with van der Waals surface area (Å²) < 4.78 is 0.738. The number of nitro benzene ring substituents is 1. The third kappa shape index (κ3) is 3.67. The zero-order valence-corrected chi connectivity index (χ0v) is 12.3. The van der Waals surface area contributed by atoms with Crippen LogP contribution in [0.15, 0.2) is 47.6 Å². The van der Waals surface area contributed by atoms with Gasteiger partial charge in [-0.25, -0.2) is 0 Å². The smallest absolute Gasteiger partial charge is 0.269 e. The van der Waals surface area contributed by atoms with Gasteiger partial charge in [-0.1, -0.05) is 0 Å². The van der Waals surface area contributed by atoms with E-state index >= 15 is 0 Å². The van der Waals surface area contributed by atoms with Crippen molar-refractivity contribution in [1.29, 1.82) is 0 Å². The SMILES string of the molecule is O=[N+]([O-])c1ccc(N/N=C\c2ccc(O)c(I)c2)cc1. The summed E-state index contributed by atoms with van der Waals surface area (Å²) in [7, 11) is 0. The summed E-state index contributed by atoms with van der Waals surface area (Å²) in [5.41, 5.74) is 4.30. The average Bonchev–Trinajstić information content (AvgIpc) is 2.43. The van der Waals surface area contributed by atoms with E-state index in [0.717, 1.165) is 9.13 Å². The Morgan fingerprint density at radius 3 is 2.55 bits per heavy atom. The van der Waals surface area contributed by atoms with Crippen LogP contribution < -0.4 is 5.43 Å². The molecule has 2 rings (SSSR count). The van der Waals surface area contributed by atoms with Gasteiger partial charge in [-0.2, -0.15) is 5.10 Å². The van der Waals surface area contributed by atoms with Gasteiger partial charge in [-0.05, 0) is 58.5 Å². The number of phenols is 1. The quantitative estimate of drug-likeness (QED) is 0.367. The van der Waals surface area contributed by atoms with Gasteiger partial charge >= 0.3 is 0 Å².